The molecule has 2 aliphatic heterocycles. The molecule has 0 saturated heterocycles. The minimum Gasteiger partial charge on any atom is -0.468 e. The number of carbonyl (C=O) groups is 2. The molecule has 2 aromatic rings. The normalized spacial score (nSPS) is 18.6. The van der Waals surface area contributed by atoms with Crippen molar-refractivity contribution in [1.82, 2.24) is 4.90 Å². The monoisotopic (exact) mass is 429 g/mol. The second-order valence-electron chi connectivity index (χ2n) is 7.48. The van der Waals surface area contributed by atoms with Crippen LogP contribution in [0.4, 0.5) is 5.69 Å². The summed E-state index contributed by atoms with van der Waals surface area (Å²) in [7, 11) is -2.45. The van der Waals surface area contributed by atoms with Crippen molar-refractivity contribution in [1.29, 1.82) is 0 Å². The van der Waals surface area contributed by atoms with E-state index in [-0.39, 0.29) is 17.3 Å². The van der Waals surface area contributed by atoms with Crippen LogP contribution in [0.2, 0.25) is 0 Å². The van der Waals surface area contributed by atoms with Gasteiger partial charge in [0.25, 0.3) is 0 Å². The summed E-state index contributed by atoms with van der Waals surface area (Å²) in [5, 5.41) is 5.21. The largest absolute Gasteiger partial charge is 0.468 e. The Morgan fingerprint density at radius 1 is 1.10 bits per heavy atom. The fourth-order valence-corrected chi connectivity index (χ4v) is 4.81. The molecule has 8 nitrogen and oxygen atoms in total. The summed E-state index contributed by atoms with van der Waals surface area (Å²) in [5.41, 5.74) is 3.39. The van der Waals surface area contributed by atoms with Crippen molar-refractivity contribution in [2.24, 2.45) is 5.14 Å². The van der Waals surface area contributed by atoms with Gasteiger partial charge < -0.3 is 9.64 Å². The van der Waals surface area contributed by atoms with Crippen LogP contribution in [0, 0.1) is 0 Å². The van der Waals surface area contributed by atoms with Gasteiger partial charge in [0.1, 0.15) is 6.04 Å². The Hall–Kier alpha value is -2.75. The summed E-state index contributed by atoms with van der Waals surface area (Å²) < 4.78 is 28.2. The highest BCUT2D eigenvalue weighted by molar-refractivity contribution is 7.89. The van der Waals surface area contributed by atoms with Crippen LogP contribution >= 0.6 is 0 Å². The molecule has 2 heterocycles. The van der Waals surface area contributed by atoms with Crippen LogP contribution in [0.25, 0.3) is 0 Å². The van der Waals surface area contributed by atoms with Gasteiger partial charge in [-0.1, -0.05) is 24.3 Å². The Bertz CT molecular complexity index is 1120. The summed E-state index contributed by atoms with van der Waals surface area (Å²) in [6.07, 6.45) is 1.29. The van der Waals surface area contributed by atoms with E-state index in [4.69, 9.17) is 9.88 Å². The Morgan fingerprint density at radius 2 is 1.83 bits per heavy atom. The molecule has 9 heteroatoms. The number of sulfonamides is 1. The highest BCUT2D eigenvalue weighted by Gasteiger charge is 2.36. The third-order valence-corrected chi connectivity index (χ3v) is 6.63. The van der Waals surface area contributed by atoms with Crippen molar-refractivity contribution in [2.45, 2.75) is 23.8 Å². The molecular formula is C21H23N3O5S. The number of methoxy groups -OCH3 is 1. The van der Waals surface area contributed by atoms with E-state index in [9.17, 15) is 18.0 Å². The number of nitrogens with zero attached hydrogens (tertiary/aromatic N) is 2. The zero-order valence-corrected chi connectivity index (χ0v) is 17.4. The second-order valence-corrected chi connectivity index (χ2v) is 9.04. The summed E-state index contributed by atoms with van der Waals surface area (Å²) in [4.78, 5) is 29.1. The molecule has 0 radical (unpaired) electrons. The summed E-state index contributed by atoms with van der Waals surface area (Å²) >= 11 is 0. The zero-order valence-electron chi connectivity index (χ0n) is 16.6. The maximum atomic E-state index is 13.1. The lowest BCUT2D eigenvalue weighted by Gasteiger charge is -2.35. The number of fused-ring (bicyclic) bond motifs is 2. The molecule has 4 rings (SSSR count). The van der Waals surface area contributed by atoms with Crippen LogP contribution in [0.1, 0.15) is 22.7 Å². The molecule has 0 saturated carbocycles. The molecule has 1 amide bonds. The predicted molar refractivity (Wildman–Crippen MR) is 110 cm³/mol. The fraction of sp³-hybridized carbons (Fsp3) is 0.333. The molecule has 1 atom stereocenters. The van der Waals surface area contributed by atoms with Crippen LogP contribution < -0.4 is 10.0 Å². The van der Waals surface area contributed by atoms with E-state index in [2.05, 4.69) is 0 Å². The number of anilines is 1. The van der Waals surface area contributed by atoms with Gasteiger partial charge in [-0.2, -0.15) is 0 Å². The van der Waals surface area contributed by atoms with Crippen molar-refractivity contribution in [3.8, 4) is 0 Å². The van der Waals surface area contributed by atoms with E-state index < -0.39 is 22.0 Å². The lowest BCUT2D eigenvalue weighted by Crippen LogP contribution is -2.46. The summed E-state index contributed by atoms with van der Waals surface area (Å²) in [6, 6.07) is 11.6. The topological polar surface area (TPSA) is 110 Å². The molecular weight excluding hydrogens is 406 g/mol. The van der Waals surface area contributed by atoms with Gasteiger partial charge in [-0.3, -0.25) is 9.69 Å². The van der Waals surface area contributed by atoms with Gasteiger partial charge in [0.15, 0.2) is 0 Å². The van der Waals surface area contributed by atoms with E-state index >= 15 is 0 Å². The first-order valence-electron chi connectivity index (χ1n) is 9.65. The number of rotatable bonds is 4. The third-order valence-electron chi connectivity index (χ3n) is 5.72. The number of amides is 1. The SMILES string of the molecule is COC(=O)[C@H]1c2ccccc2CCN1CC(=O)N1CCc2cc(S(N)(=O)=O)ccc21. The molecule has 0 bridgehead atoms. The summed E-state index contributed by atoms with van der Waals surface area (Å²) in [5.74, 6) is -0.542. The first-order valence-corrected chi connectivity index (χ1v) is 11.2. The van der Waals surface area contributed by atoms with Gasteiger partial charge >= 0.3 is 5.97 Å². The van der Waals surface area contributed by atoms with E-state index in [0.29, 0.717) is 25.2 Å². The first-order chi connectivity index (χ1) is 14.3. The maximum Gasteiger partial charge on any atom is 0.327 e. The van der Waals surface area contributed by atoms with Crippen LogP contribution in [-0.2, 0) is 37.2 Å². The van der Waals surface area contributed by atoms with Crippen LogP contribution in [-0.4, -0.2) is 51.9 Å². The Labute approximate surface area is 175 Å². The van der Waals surface area contributed by atoms with Crippen molar-refractivity contribution in [2.75, 3.05) is 31.6 Å². The van der Waals surface area contributed by atoms with E-state index in [1.54, 1.807) is 11.0 Å². The molecule has 0 fully saturated rings. The zero-order chi connectivity index (χ0) is 21.5. The number of hydrogen-bond acceptors (Lipinski definition) is 6. The minimum absolute atomic E-state index is 0.0361. The smallest absolute Gasteiger partial charge is 0.327 e. The molecule has 2 aromatic carbocycles. The third kappa shape index (κ3) is 3.71. The average Bonchev–Trinajstić information content (AvgIpc) is 3.16. The molecule has 0 spiro atoms. The summed E-state index contributed by atoms with van der Waals surface area (Å²) in [6.45, 7) is 1.08. The highest BCUT2D eigenvalue weighted by Crippen LogP contribution is 2.33. The van der Waals surface area contributed by atoms with Gasteiger partial charge in [0.2, 0.25) is 15.9 Å². The lowest BCUT2D eigenvalue weighted by atomic mass is 9.92. The van der Waals surface area contributed by atoms with E-state index in [0.717, 1.165) is 23.1 Å². The van der Waals surface area contributed by atoms with Crippen molar-refractivity contribution in [3.05, 3.63) is 59.2 Å². The number of nitrogens with two attached hydrogens (primary N) is 1. The Kier molecular flexibility index (Phi) is 5.35. The first kappa shape index (κ1) is 20.5. The second kappa shape index (κ2) is 7.82. The number of hydrogen-bond donors (Lipinski definition) is 1. The maximum absolute atomic E-state index is 13.1. The van der Waals surface area contributed by atoms with Gasteiger partial charge in [0.05, 0.1) is 18.6 Å². The van der Waals surface area contributed by atoms with Crippen LogP contribution in [0.5, 0.6) is 0 Å². The van der Waals surface area contributed by atoms with Gasteiger partial charge in [0, 0.05) is 18.8 Å². The van der Waals surface area contributed by atoms with Gasteiger partial charge in [-0.05, 0) is 47.7 Å². The molecule has 2 aliphatic rings. The number of primary sulfonamides is 1. The Balaban J connectivity index is 1.57. The fourth-order valence-electron chi connectivity index (χ4n) is 4.25. The number of benzene rings is 2. The minimum atomic E-state index is -3.80. The molecule has 0 unspecified atom stereocenters. The lowest BCUT2D eigenvalue weighted by molar-refractivity contribution is -0.148. The number of esters is 1. The standard InChI is InChI=1S/C21H23N3O5S/c1-29-21(26)20-17-5-3-2-4-14(17)8-10-23(20)13-19(25)24-11-9-15-12-16(30(22,27)28)6-7-18(15)24/h2-7,12,20H,8-11,13H2,1H3,(H2,22,27,28)/t20-/m1/s1. The predicted octanol–water partition coefficient (Wildman–Crippen LogP) is 0.996. The van der Waals surface area contributed by atoms with Crippen molar-refractivity contribution >= 4 is 27.6 Å². The van der Waals surface area contributed by atoms with Crippen LogP contribution in [0.3, 0.4) is 0 Å². The van der Waals surface area contributed by atoms with Gasteiger partial charge in [-0.15, -0.1) is 0 Å². The molecule has 158 valence electrons. The van der Waals surface area contributed by atoms with Crippen molar-refractivity contribution in [3.63, 3.8) is 0 Å². The van der Waals surface area contributed by atoms with E-state index in [1.807, 2.05) is 29.2 Å². The van der Waals surface area contributed by atoms with Crippen molar-refractivity contribution < 1.29 is 22.7 Å². The molecule has 30 heavy (non-hydrogen) atoms. The molecule has 2 N–H and O–H groups in total. The number of carbonyl (C=O) groups excluding carboxylic acids is 2. The number of ether oxygens (including phenoxy) is 1. The van der Waals surface area contributed by atoms with E-state index in [1.165, 1.54) is 19.2 Å². The highest BCUT2D eigenvalue weighted by atomic mass is 32.2. The molecule has 0 aromatic heterocycles. The Morgan fingerprint density at radius 3 is 2.57 bits per heavy atom. The quantitative estimate of drug-likeness (QED) is 0.726. The van der Waals surface area contributed by atoms with Crippen LogP contribution in [0.15, 0.2) is 47.4 Å². The van der Waals surface area contributed by atoms with Gasteiger partial charge in [-0.25, -0.2) is 18.4 Å². The average molecular weight is 429 g/mol. The molecule has 0 aliphatic carbocycles.